The number of anilines is 2. The number of rotatable bonds is 6. The molecule has 0 fully saturated rings. The number of nitrogens with zero attached hydrogens (tertiary/aromatic N) is 1. The zero-order valence-electron chi connectivity index (χ0n) is 16.5. The largest absolute Gasteiger partial charge is 0.487 e. The maximum absolute atomic E-state index is 12.7. The van der Waals surface area contributed by atoms with Crippen LogP contribution in [0.2, 0.25) is 0 Å². The van der Waals surface area contributed by atoms with Crippen molar-refractivity contribution >= 4 is 22.3 Å². The molecule has 4 aromatic rings. The molecule has 0 aliphatic carbocycles. The number of benzene rings is 3. The summed E-state index contributed by atoms with van der Waals surface area (Å²) < 4.78 is 43.8. The fourth-order valence-electron chi connectivity index (χ4n) is 3.15. The van der Waals surface area contributed by atoms with Crippen molar-refractivity contribution in [1.82, 2.24) is 4.98 Å². The minimum atomic E-state index is -4.34. The number of pyridine rings is 1. The molecular formula is C24H20F3N3O. The van der Waals surface area contributed by atoms with E-state index in [-0.39, 0.29) is 0 Å². The summed E-state index contributed by atoms with van der Waals surface area (Å²) in [4.78, 5) is 4.58. The maximum atomic E-state index is 12.7. The predicted molar refractivity (Wildman–Crippen MR) is 116 cm³/mol. The molecule has 3 N–H and O–H groups in total. The van der Waals surface area contributed by atoms with Gasteiger partial charge in [0.2, 0.25) is 0 Å². The minimum Gasteiger partial charge on any atom is -0.487 e. The molecular weight excluding hydrogens is 403 g/mol. The molecule has 1 aromatic heterocycles. The zero-order chi connectivity index (χ0) is 21.8. The second kappa shape index (κ2) is 8.55. The highest BCUT2D eigenvalue weighted by Gasteiger charge is 2.29. The molecule has 0 aliphatic rings. The Morgan fingerprint density at radius 1 is 0.903 bits per heavy atom. The molecule has 0 radical (unpaired) electrons. The Bertz CT molecular complexity index is 1190. The van der Waals surface area contributed by atoms with Gasteiger partial charge >= 0.3 is 6.18 Å². The number of alkyl halides is 3. The molecule has 0 aliphatic heterocycles. The number of para-hydroxylation sites is 1. The van der Waals surface area contributed by atoms with Crippen molar-refractivity contribution in [2.75, 3.05) is 11.1 Å². The number of nitrogen functional groups attached to an aromatic ring is 1. The van der Waals surface area contributed by atoms with Crippen molar-refractivity contribution in [1.29, 1.82) is 0 Å². The summed E-state index contributed by atoms with van der Waals surface area (Å²) in [6.07, 6.45) is -4.34. The van der Waals surface area contributed by atoms with Gasteiger partial charge in [-0.15, -0.1) is 0 Å². The Balaban J connectivity index is 1.36. The zero-order valence-corrected chi connectivity index (χ0v) is 16.5. The van der Waals surface area contributed by atoms with E-state index in [2.05, 4.69) is 10.3 Å². The van der Waals surface area contributed by atoms with Crippen LogP contribution in [0.3, 0.4) is 0 Å². The summed E-state index contributed by atoms with van der Waals surface area (Å²) in [5.41, 5.74) is 9.03. The molecule has 0 spiro atoms. The molecule has 31 heavy (non-hydrogen) atoms. The second-order valence-electron chi connectivity index (χ2n) is 7.08. The lowest BCUT2D eigenvalue weighted by Gasteiger charge is -2.13. The number of ether oxygens (including phenoxy) is 1. The standard InChI is InChI=1S/C24H20F3N3O/c25-24(26,27)18-8-5-16(6-9-18)14-29-23-12-11-20(13-21(23)28)31-15-19-10-7-17-3-1-2-4-22(17)30-19/h1-13,29H,14-15,28H2. The maximum Gasteiger partial charge on any atom is 0.416 e. The van der Waals surface area contributed by atoms with Gasteiger partial charge < -0.3 is 15.8 Å². The number of hydrogen-bond donors (Lipinski definition) is 2. The van der Waals surface area contributed by atoms with E-state index in [9.17, 15) is 13.2 Å². The molecule has 3 aromatic carbocycles. The third-order valence-electron chi connectivity index (χ3n) is 4.83. The van der Waals surface area contributed by atoms with Gasteiger partial charge in [0, 0.05) is 18.0 Å². The number of nitrogens with two attached hydrogens (primary N) is 1. The predicted octanol–water partition coefficient (Wildman–Crippen LogP) is 6.03. The van der Waals surface area contributed by atoms with Crippen LogP contribution in [0.15, 0.2) is 78.9 Å². The van der Waals surface area contributed by atoms with E-state index < -0.39 is 11.7 Å². The fraction of sp³-hybridized carbons (Fsp3) is 0.125. The van der Waals surface area contributed by atoms with Gasteiger partial charge in [0.05, 0.1) is 28.1 Å². The molecule has 158 valence electrons. The van der Waals surface area contributed by atoms with Crippen molar-refractivity contribution < 1.29 is 17.9 Å². The normalized spacial score (nSPS) is 11.5. The monoisotopic (exact) mass is 423 g/mol. The van der Waals surface area contributed by atoms with E-state index in [1.54, 1.807) is 18.2 Å². The van der Waals surface area contributed by atoms with E-state index in [0.29, 0.717) is 30.3 Å². The van der Waals surface area contributed by atoms with E-state index in [4.69, 9.17) is 10.5 Å². The first kappa shape index (κ1) is 20.5. The summed E-state index contributed by atoms with van der Waals surface area (Å²) in [5, 5.41) is 4.20. The van der Waals surface area contributed by atoms with Gasteiger partial charge in [0.15, 0.2) is 0 Å². The first-order chi connectivity index (χ1) is 14.9. The average molecular weight is 423 g/mol. The van der Waals surface area contributed by atoms with E-state index in [1.165, 1.54) is 12.1 Å². The van der Waals surface area contributed by atoms with Crippen molar-refractivity contribution in [2.45, 2.75) is 19.3 Å². The van der Waals surface area contributed by atoms with Crippen LogP contribution in [0.25, 0.3) is 10.9 Å². The number of aromatic nitrogens is 1. The van der Waals surface area contributed by atoms with Crippen LogP contribution in [0.4, 0.5) is 24.5 Å². The molecule has 0 unspecified atom stereocenters. The van der Waals surface area contributed by atoms with Crippen LogP contribution in [0.1, 0.15) is 16.8 Å². The van der Waals surface area contributed by atoms with Crippen LogP contribution < -0.4 is 15.8 Å². The van der Waals surface area contributed by atoms with Gasteiger partial charge in [-0.1, -0.05) is 36.4 Å². The quantitative estimate of drug-likeness (QED) is 0.372. The van der Waals surface area contributed by atoms with Gasteiger partial charge in [0.25, 0.3) is 0 Å². The molecule has 0 saturated heterocycles. The summed E-state index contributed by atoms with van der Waals surface area (Å²) in [7, 11) is 0. The van der Waals surface area contributed by atoms with Gasteiger partial charge in [-0.05, 0) is 42.0 Å². The molecule has 4 nitrogen and oxygen atoms in total. The summed E-state index contributed by atoms with van der Waals surface area (Å²) in [5.74, 6) is 0.604. The lowest BCUT2D eigenvalue weighted by molar-refractivity contribution is -0.137. The lowest BCUT2D eigenvalue weighted by Crippen LogP contribution is -2.06. The van der Waals surface area contributed by atoms with Crippen LogP contribution in [0.5, 0.6) is 5.75 Å². The van der Waals surface area contributed by atoms with Crippen molar-refractivity contribution in [3.63, 3.8) is 0 Å². The molecule has 0 atom stereocenters. The van der Waals surface area contributed by atoms with Crippen LogP contribution in [-0.2, 0) is 19.3 Å². The summed E-state index contributed by atoms with van der Waals surface area (Å²) in [6, 6.07) is 22.1. The van der Waals surface area contributed by atoms with Crippen LogP contribution >= 0.6 is 0 Å². The molecule has 0 saturated carbocycles. The van der Waals surface area contributed by atoms with Gasteiger partial charge in [-0.2, -0.15) is 13.2 Å². The van der Waals surface area contributed by atoms with Gasteiger partial charge in [-0.3, -0.25) is 0 Å². The molecule has 1 heterocycles. The van der Waals surface area contributed by atoms with Crippen molar-refractivity contribution in [2.24, 2.45) is 0 Å². The first-order valence-corrected chi connectivity index (χ1v) is 9.65. The fourth-order valence-corrected chi connectivity index (χ4v) is 3.15. The second-order valence-corrected chi connectivity index (χ2v) is 7.08. The lowest BCUT2D eigenvalue weighted by atomic mass is 10.1. The Hall–Kier alpha value is -3.74. The molecule has 7 heteroatoms. The number of nitrogens with one attached hydrogen (secondary N) is 1. The SMILES string of the molecule is Nc1cc(OCc2ccc3ccccc3n2)ccc1NCc1ccc(C(F)(F)F)cc1. The highest BCUT2D eigenvalue weighted by atomic mass is 19.4. The number of fused-ring (bicyclic) bond motifs is 1. The summed E-state index contributed by atoms with van der Waals surface area (Å²) in [6.45, 7) is 0.659. The Morgan fingerprint density at radius 2 is 1.68 bits per heavy atom. The highest BCUT2D eigenvalue weighted by molar-refractivity contribution is 5.78. The van der Waals surface area contributed by atoms with E-state index in [0.717, 1.165) is 34.3 Å². The van der Waals surface area contributed by atoms with E-state index >= 15 is 0 Å². The third kappa shape index (κ3) is 5.06. The Morgan fingerprint density at radius 3 is 2.42 bits per heavy atom. The van der Waals surface area contributed by atoms with Crippen LogP contribution in [0, 0.1) is 0 Å². The smallest absolute Gasteiger partial charge is 0.416 e. The van der Waals surface area contributed by atoms with Gasteiger partial charge in [-0.25, -0.2) is 4.98 Å². The van der Waals surface area contributed by atoms with Crippen molar-refractivity contribution in [3.8, 4) is 5.75 Å². The van der Waals surface area contributed by atoms with E-state index in [1.807, 2.05) is 36.4 Å². The Labute approximate surface area is 177 Å². The Kier molecular flexibility index (Phi) is 5.66. The molecule has 4 rings (SSSR count). The minimum absolute atomic E-state index is 0.308. The number of hydrogen-bond acceptors (Lipinski definition) is 4. The van der Waals surface area contributed by atoms with Crippen molar-refractivity contribution in [3.05, 3.63) is 95.7 Å². The van der Waals surface area contributed by atoms with Crippen LogP contribution in [-0.4, -0.2) is 4.98 Å². The highest BCUT2D eigenvalue weighted by Crippen LogP contribution is 2.29. The topological polar surface area (TPSA) is 60.2 Å². The number of halogens is 3. The van der Waals surface area contributed by atoms with Gasteiger partial charge in [0.1, 0.15) is 12.4 Å². The first-order valence-electron chi connectivity index (χ1n) is 9.65. The average Bonchev–Trinajstić information content (AvgIpc) is 2.76. The third-order valence-corrected chi connectivity index (χ3v) is 4.83. The molecule has 0 bridgehead atoms. The summed E-state index contributed by atoms with van der Waals surface area (Å²) >= 11 is 0. The molecule has 0 amide bonds.